The lowest BCUT2D eigenvalue weighted by Gasteiger charge is -2.08. The third-order valence-electron chi connectivity index (χ3n) is 3.62. The molecule has 0 saturated carbocycles. The number of anilines is 1. The molecular formula is C16H17N7O3. The third kappa shape index (κ3) is 3.69. The number of imidazole rings is 1. The molecule has 0 spiro atoms. The van der Waals surface area contributed by atoms with Gasteiger partial charge in [-0.3, -0.25) is 0 Å². The van der Waals surface area contributed by atoms with Crippen LogP contribution >= 0.6 is 0 Å². The summed E-state index contributed by atoms with van der Waals surface area (Å²) in [6.45, 7) is 2.15. The van der Waals surface area contributed by atoms with Crippen molar-refractivity contribution in [1.29, 1.82) is 0 Å². The van der Waals surface area contributed by atoms with Crippen LogP contribution in [0, 0.1) is 17.0 Å². The minimum Gasteiger partial charge on any atom is -0.496 e. The molecule has 1 aromatic carbocycles. The molecule has 0 fully saturated rings. The fourth-order valence-corrected chi connectivity index (χ4v) is 2.44. The van der Waals surface area contributed by atoms with E-state index in [-0.39, 0.29) is 5.82 Å². The van der Waals surface area contributed by atoms with E-state index in [1.165, 1.54) is 15.4 Å². The van der Waals surface area contributed by atoms with Gasteiger partial charge in [0, 0.05) is 5.56 Å². The van der Waals surface area contributed by atoms with Crippen molar-refractivity contribution >= 4 is 18.0 Å². The van der Waals surface area contributed by atoms with Crippen LogP contribution in [0.4, 0.5) is 11.8 Å². The first kappa shape index (κ1) is 17.1. The van der Waals surface area contributed by atoms with Crippen molar-refractivity contribution in [3.63, 3.8) is 0 Å². The second kappa shape index (κ2) is 7.05. The Morgan fingerprint density at radius 1 is 1.42 bits per heavy atom. The minimum absolute atomic E-state index is 0.201. The molecule has 2 aromatic heterocycles. The molecule has 0 unspecified atom stereocenters. The van der Waals surface area contributed by atoms with Crippen molar-refractivity contribution in [2.75, 3.05) is 12.8 Å². The van der Waals surface area contributed by atoms with Gasteiger partial charge in [0.25, 0.3) is 0 Å². The summed E-state index contributed by atoms with van der Waals surface area (Å²) in [4.78, 5) is 14.3. The molecule has 3 rings (SSSR count). The van der Waals surface area contributed by atoms with E-state index in [1.54, 1.807) is 31.8 Å². The molecule has 10 nitrogen and oxygen atoms in total. The Labute approximate surface area is 148 Å². The summed E-state index contributed by atoms with van der Waals surface area (Å²) in [5.41, 5.74) is 8.16. The van der Waals surface area contributed by atoms with Crippen LogP contribution in [0.15, 0.2) is 41.8 Å². The van der Waals surface area contributed by atoms with Crippen LogP contribution in [0.1, 0.15) is 16.8 Å². The number of rotatable bonds is 6. The molecule has 0 atom stereocenters. The second-order valence-electron chi connectivity index (χ2n) is 5.53. The molecule has 10 heteroatoms. The van der Waals surface area contributed by atoms with Crippen LogP contribution in [0.3, 0.4) is 0 Å². The Morgan fingerprint density at radius 3 is 2.85 bits per heavy atom. The average molecular weight is 355 g/mol. The van der Waals surface area contributed by atoms with Gasteiger partial charge >= 0.3 is 5.82 Å². The lowest BCUT2D eigenvalue weighted by atomic mass is 10.1. The number of nitrogen functional groups attached to an aromatic ring is 1. The summed E-state index contributed by atoms with van der Waals surface area (Å²) in [5.74, 6) is 0.752. The Hall–Kier alpha value is -3.69. The summed E-state index contributed by atoms with van der Waals surface area (Å²) in [6.07, 6.45) is 4.92. The molecular weight excluding hydrogens is 338 g/mol. The van der Waals surface area contributed by atoms with Gasteiger partial charge in [-0.15, -0.1) is 0 Å². The summed E-state index contributed by atoms with van der Waals surface area (Å²) >= 11 is 0. The molecule has 3 aromatic rings. The van der Waals surface area contributed by atoms with Crippen molar-refractivity contribution in [1.82, 2.24) is 19.4 Å². The van der Waals surface area contributed by atoms with Gasteiger partial charge in [0.15, 0.2) is 0 Å². The molecule has 0 bridgehead atoms. The minimum atomic E-state index is -0.533. The maximum absolute atomic E-state index is 10.8. The predicted octanol–water partition coefficient (Wildman–Crippen LogP) is 1.82. The Balaban J connectivity index is 1.86. The average Bonchev–Trinajstić information content (AvgIpc) is 3.19. The fraction of sp³-hybridized carbons (Fsp3) is 0.188. The molecule has 0 aliphatic carbocycles. The number of aromatic nitrogens is 4. The van der Waals surface area contributed by atoms with Crippen LogP contribution in [0.5, 0.6) is 5.75 Å². The standard InChI is InChI=1S/C16H17N7O3/c1-11-9-22(16(17)19-11)18-8-12-3-4-14(26-2)13(7-12)10-21-6-5-15(20-21)23(24)25/h3-9H,10H2,1-2H3,(H2,17,19). The normalized spacial score (nSPS) is 11.2. The molecule has 2 N–H and O–H groups in total. The van der Waals surface area contributed by atoms with Gasteiger partial charge in [0.05, 0.1) is 49.1 Å². The molecule has 0 aliphatic rings. The van der Waals surface area contributed by atoms with E-state index in [0.717, 1.165) is 16.8 Å². The van der Waals surface area contributed by atoms with Gasteiger partial charge < -0.3 is 20.6 Å². The number of methoxy groups -OCH3 is 1. The zero-order chi connectivity index (χ0) is 18.7. The van der Waals surface area contributed by atoms with Crippen LogP contribution in [0.25, 0.3) is 0 Å². The molecule has 0 saturated heterocycles. The number of aryl methyl sites for hydroxylation is 1. The van der Waals surface area contributed by atoms with Crippen LogP contribution in [-0.2, 0) is 6.54 Å². The molecule has 26 heavy (non-hydrogen) atoms. The summed E-state index contributed by atoms with van der Waals surface area (Å²) in [5, 5.41) is 19.0. The fourth-order valence-electron chi connectivity index (χ4n) is 2.44. The third-order valence-corrected chi connectivity index (χ3v) is 3.62. The van der Waals surface area contributed by atoms with Crippen molar-refractivity contribution in [3.8, 4) is 5.75 Å². The highest BCUT2D eigenvalue weighted by atomic mass is 16.6. The molecule has 2 heterocycles. The first-order chi connectivity index (χ1) is 12.5. The van der Waals surface area contributed by atoms with E-state index in [4.69, 9.17) is 10.5 Å². The molecule has 0 amide bonds. The van der Waals surface area contributed by atoms with Crippen LogP contribution < -0.4 is 10.5 Å². The first-order valence-electron chi connectivity index (χ1n) is 7.67. The Kier molecular flexibility index (Phi) is 4.65. The van der Waals surface area contributed by atoms with E-state index in [1.807, 2.05) is 19.1 Å². The van der Waals surface area contributed by atoms with E-state index in [2.05, 4.69) is 15.2 Å². The number of nitrogens with two attached hydrogens (primary N) is 1. The zero-order valence-electron chi connectivity index (χ0n) is 14.2. The highest BCUT2D eigenvalue weighted by Crippen LogP contribution is 2.21. The molecule has 134 valence electrons. The largest absolute Gasteiger partial charge is 0.496 e. The van der Waals surface area contributed by atoms with Crippen molar-refractivity contribution in [2.24, 2.45) is 5.10 Å². The summed E-state index contributed by atoms with van der Waals surface area (Å²) in [6, 6.07) is 6.87. The van der Waals surface area contributed by atoms with E-state index >= 15 is 0 Å². The topological polar surface area (TPSA) is 126 Å². The Bertz CT molecular complexity index is 974. The maximum atomic E-state index is 10.8. The Morgan fingerprint density at radius 2 is 2.23 bits per heavy atom. The van der Waals surface area contributed by atoms with Gasteiger partial charge in [-0.1, -0.05) is 0 Å². The highest BCUT2D eigenvalue weighted by Gasteiger charge is 2.13. The van der Waals surface area contributed by atoms with Gasteiger partial charge in [-0.05, 0) is 35.6 Å². The summed E-state index contributed by atoms with van der Waals surface area (Å²) in [7, 11) is 1.56. The van der Waals surface area contributed by atoms with Crippen molar-refractivity contribution in [3.05, 3.63) is 63.6 Å². The van der Waals surface area contributed by atoms with Crippen molar-refractivity contribution in [2.45, 2.75) is 13.5 Å². The maximum Gasteiger partial charge on any atom is 0.389 e. The number of hydrogen-bond donors (Lipinski definition) is 1. The number of nitrogens with zero attached hydrogens (tertiary/aromatic N) is 6. The van der Waals surface area contributed by atoms with Gasteiger partial charge in [-0.25, -0.2) is 9.66 Å². The number of benzene rings is 1. The number of ether oxygens (including phenoxy) is 1. The van der Waals surface area contributed by atoms with E-state index in [0.29, 0.717) is 18.2 Å². The van der Waals surface area contributed by atoms with Gasteiger partial charge in [-0.2, -0.15) is 9.78 Å². The first-order valence-corrected chi connectivity index (χ1v) is 7.67. The monoisotopic (exact) mass is 355 g/mol. The SMILES string of the molecule is COc1ccc(C=Nn2cc(C)nc2N)cc1Cn1ccc([N+](=O)[O-])n1. The predicted molar refractivity (Wildman–Crippen MR) is 95.3 cm³/mol. The molecule has 0 aliphatic heterocycles. The number of hydrogen-bond acceptors (Lipinski definition) is 7. The lowest BCUT2D eigenvalue weighted by molar-refractivity contribution is -0.389. The second-order valence-corrected chi connectivity index (χ2v) is 5.53. The highest BCUT2D eigenvalue weighted by molar-refractivity contribution is 5.80. The lowest BCUT2D eigenvalue weighted by Crippen LogP contribution is -2.04. The van der Waals surface area contributed by atoms with E-state index < -0.39 is 4.92 Å². The quantitative estimate of drug-likeness (QED) is 0.408. The van der Waals surface area contributed by atoms with Crippen LogP contribution in [-0.4, -0.2) is 37.7 Å². The zero-order valence-corrected chi connectivity index (χ0v) is 14.2. The van der Waals surface area contributed by atoms with Gasteiger partial charge in [0.1, 0.15) is 5.75 Å². The van der Waals surface area contributed by atoms with Crippen molar-refractivity contribution < 1.29 is 9.66 Å². The van der Waals surface area contributed by atoms with Gasteiger partial charge in [0.2, 0.25) is 5.95 Å². The molecule has 0 radical (unpaired) electrons. The number of nitro groups is 1. The smallest absolute Gasteiger partial charge is 0.389 e. The summed E-state index contributed by atoms with van der Waals surface area (Å²) < 4.78 is 8.32. The van der Waals surface area contributed by atoms with E-state index in [9.17, 15) is 10.1 Å². The van der Waals surface area contributed by atoms with Crippen LogP contribution in [0.2, 0.25) is 0 Å².